The van der Waals surface area contributed by atoms with Crippen LogP contribution in [0.1, 0.15) is 34.6 Å². The summed E-state index contributed by atoms with van der Waals surface area (Å²) in [6.45, 7) is 3.44. The van der Waals surface area contributed by atoms with E-state index in [1.165, 1.54) is 18.2 Å². The van der Waals surface area contributed by atoms with E-state index < -0.39 is 17.8 Å². The Morgan fingerprint density at radius 2 is 1.43 bits per heavy atom. The van der Waals surface area contributed by atoms with E-state index in [9.17, 15) is 14.4 Å². The standard InChI is InChI=1S/C20H20ClNO6/c1-3-26-19(24)13-9-14(20(25)27-4-2)11-16(10-13)22-18(23)12-28-17-7-5-15(21)6-8-17/h5-11H,3-4,12H2,1-2H3,(H,22,23). The van der Waals surface area contributed by atoms with Gasteiger partial charge in [0.1, 0.15) is 5.75 Å². The third kappa shape index (κ3) is 6.28. The van der Waals surface area contributed by atoms with Crippen LogP contribution in [0.3, 0.4) is 0 Å². The summed E-state index contributed by atoms with van der Waals surface area (Å²) in [7, 11) is 0. The number of amides is 1. The van der Waals surface area contributed by atoms with Crippen molar-refractivity contribution in [1.82, 2.24) is 0 Å². The highest BCUT2D eigenvalue weighted by atomic mass is 35.5. The molecule has 0 aliphatic carbocycles. The molecule has 0 aliphatic heterocycles. The Kier molecular flexibility index (Phi) is 7.83. The number of carbonyl (C=O) groups excluding carboxylic acids is 3. The third-order valence-corrected chi connectivity index (χ3v) is 3.67. The van der Waals surface area contributed by atoms with E-state index in [0.29, 0.717) is 10.8 Å². The molecule has 8 heteroatoms. The monoisotopic (exact) mass is 405 g/mol. The van der Waals surface area contributed by atoms with E-state index in [4.69, 9.17) is 25.8 Å². The van der Waals surface area contributed by atoms with Crippen LogP contribution in [0.25, 0.3) is 0 Å². The van der Waals surface area contributed by atoms with Crippen LogP contribution in [-0.4, -0.2) is 37.7 Å². The van der Waals surface area contributed by atoms with Crippen molar-refractivity contribution in [2.24, 2.45) is 0 Å². The van der Waals surface area contributed by atoms with E-state index in [1.54, 1.807) is 38.1 Å². The van der Waals surface area contributed by atoms with E-state index >= 15 is 0 Å². The van der Waals surface area contributed by atoms with Gasteiger partial charge in [-0.3, -0.25) is 4.79 Å². The molecule has 0 saturated heterocycles. The van der Waals surface area contributed by atoms with Crippen molar-refractivity contribution in [2.75, 3.05) is 25.1 Å². The molecule has 0 heterocycles. The molecule has 0 radical (unpaired) electrons. The first-order valence-corrected chi connectivity index (χ1v) is 8.98. The number of nitrogens with one attached hydrogen (secondary N) is 1. The second-order valence-electron chi connectivity index (χ2n) is 5.53. The fourth-order valence-electron chi connectivity index (χ4n) is 2.24. The maximum Gasteiger partial charge on any atom is 0.338 e. The quantitative estimate of drug-likeness (QED) is 0.673. The smallest absolute Gasteiger partial charge is 0.338 e. The number of halogens is 1. The van der Waals surface area contributed by atoms with Crippen LogP contribution < -0.4 is 10.1 Å². The summed E-state index contributed by atoms with van der Waals surface area (Å²) < 4.78 is 15.3. The summed E-state index contributed by atoms with van der Waals surface area (Å²) in [5, 5.41) is 3.15. The van der Waals surface area contributed by atoms with Gasteiger partial charge < -0.3 is 19.5 Å². The van der Waals surface area contributed by atoms with E-state index in [0.717, 1.165) is 0 Å². The van der Waals surface area contributed by atoms with E-state index in [2.05, 4.69) is 5.32 Å². The van der Waals surface area contributed by atoms with Gasteiger partial charge in [-0.2, -0.15) is 0 Å². The fraction of sp³-hybridized carbons (Fsp3) is 0.250. The van der Waals surface area contributed by atoms with Gasteiger partial charge in [-0.1, -0.05) is 11.6 Å². The molecule has 0 bridgehead atoms. The number of ether oxygens (including phenoxy) is 3. The Bertz CT molecular complexity index is 814. The zero-order valence-corrected chi connectivity index (χ0v) is 16.2. The van der Waals surface area contributed by atoms with Crippen LogP contribution in [0.2, 0.25) is 5.02 Å². The minimum absolute atomic E-state index is 0.126. The van der Waals surface area contributed by atoms with Gasteiger partial charge in [0.25, 0.3) is 5.91 Å². The summed E-state index contributed by atoms with van der Waals surface area (Å²) in [4.78, 5) is 36.2. The minimum Gasteiger partial charge on any atom is -0.484 e. The number of benzene rings is 2. The molecular formula is C20H20ClNO6. The summed E-state index contributed by atoms with van der Waals surface area (Å²) in [6.07, 6.45) is 0. The molecule has 0 atom stereocenters. The van der Waals surface area contributed by atoms with Crippen LogP contribution in [0.4, 0.5) is 5.69 Å². The lowest BCUT2D eigenvalue weighted by Crippen LogP contribution is -2.21. The lowest BCUT2D eigenvalue weighted by atomic mass is 10.1. The van der Waals surface area contributed by atoms with Gasteiger partial charge in [-0.05, 0) is 56.3 Å². The molecule has 0 unspecified atom stereocenters. The Hall–Kier alpha value is -3.06. The molecule has 0 saturated carbocycles. The number of hydrogen-bond acceptors (Lipinski definition) is 6. The van der Waals surface area contributed by atoms with Crippen LogP contribution in [0, 0.1) is 0 Å². The van der Waals surface area contributed by atoms with E-state index in [-0.39, 0.29) is 36.6 Å². The number of anilines is 1. The zero-order chi connectivity index (χ0) is 20.5. The highest BCUT2D eigenvalue weighted by molar-refractivity contribution is 6.30. The molecule has 0 aromatic heterocycles. The molecule has 2 aromatic rings. The van der Waals surface area contributed by atoms with Crippen molar-refractivity contribution in [3.8, 4) is 5.75 Å². The van der Waals surface area contributed by atoms with E-state index in [1.807, 2.05) is 0 Å². The zero-order valence-electron chi connectivity index (χ0n) is 15.5. The number of hydrogen-bond donors (Lipinski definition) is 1. The molecule has 2 rings (SSSR count). The van der Waals surface area contributed by atoms with Gasteiger partial charge in [-0.15, -0.1) is 0 Å². The van der Waals surface area contributed by atoms with Crippen LogP contribution in [-0.2, 0) is 14.3 Å². The Morgan fingerprint density at radius 1 is 0.893 bits per heavy atom. The lowest BCUT2D eigenvalue weighted by Gasteiger charge is -2.11. The first-order chi connectivity index (χ1) is 13.4. The Balaban J connectivity index is 2.13. The predicted octanol–water partition coefficient (Wildman–Crippen LogP) is 3.71. The van der Waals surface area contributed by atoms with Crippen molar-refractivity contribution in [2.45, 2.75) is 13.8 Å². The topological polar surface area (TPSA) is 90.9 Å². The van der Waals surface area contributed by atoms with Crippen LogP contribution in [0.15, 0.2) is 42.5 Å². The maximum absolute atomic E-state index is 12.2. The molecule has 0 fully saturated rings. The minimum atomic E-state index is -0.610. The first-order valence-electron chi connectivity index (χ1n) is 8.60. The first kappa shape index (κ1) is 21.2. The normalized spacial score (nSPS) is 10.1. The number of rotatable bonds is 8. The molecule has 1 N–H and O–H groups in total. The van der Waals surface area contributed by atoms with Crippen molar-refractivity contribution >= 4 is 35.1 Å². The fourth-order valence-corrected chi connectivity index (χ4v) is 2.37. The van der Waals surface area contributed by atoms with Gasteiger partial charge in [0.05, 0.1) is 24.3 Å². The Labute approximate surface area is 167 Å². The largest absolute Gasteiger partial charge is 0.484 e. The van der Waals surface area contributed by atoms with Gasteiger partial charge >= 0.3 is 11.9 Å². The van der Waals surface area contributed by atoms with Crippen molar-refractivity contribution < 1.29 is 28.6 Å². The molecule has 148 valence electrons. The molecule has 2 aromatic carbocycles. The van der Waals surface area contributed by atoms with Crippen LogP contribution >= 0.6 is 11.6 Å². The highest BCUT2D eigenvalue weighted by Crippen LogP contribution is 2.18. The average Bonchev–Trinajstić information content (AvgIpc) is 2.67. The Morgan fingerprint density at radius 3 is 1.93 bits per heavy atom. The van der Waals surface area contributed by atoms with Gasteiger partial charge in [0.15, 0.2) is 6.61 Å². The summed E-state index contributed by atoms with van der Waals surface area (Å²) in [5.74, 6) is -1.21. The summed E-state index contributed by atoms with van der Waals surface area (Å²) in [5.41, 5.74) is 0.501. The van der Waals surface area contributed by atoms with Crippen molar-refractivity contribution in [3.63, 3.8) is 0 Å². The second kappa shape index (κ2) is 10.3. The molecule has 28 heavy (non-hydrogen) atoms. The van der Waals surface area contributed by atoms with Crippen LogP contribution in [0.5, 0.6) is 5.75 Å². The average molecular weight is 406 g/mol. The second-order valence-corrected chi connectivity index (χ2v) is 5.97. The van der Waals surface area contributed by atoms with Crippen molar-refractivity contribution in [3.05, 3.63) is 58.6 Å². The maximum atomic E-state index is 12.2. The number of esters is 2. The molecule has 0 aliphatic rings. The number of carbonyl (C=O) groups is 3. The van der Waals surface area contributed by atoms with Crippen molar-refractivity contribution in [1.29, 1.82) is 0 Å². The molecule has 0 spiro atoms. The summed E-state index contributed by atoms with van der Waals surface area (Å²) in [6, 6.07) is 10.7. The molecule has 7 nitrogen and oxygen atoms in total. The third-order valence-electron chi connectivity index (χ3n) is 3.42. The SMILES string of the molecule is CCOC(=O)c1cc(NC(=O)COc2ccc(Cl)cc2)cc(C(=O)OCC)c1. The van der Waals surface area contributed by atoms with Gasteiger partial charge in [0, 0.05) is 10.7 Å². The molecular weight excluding hydrogens is 386 g/mol. The van der Waals surface area contributed by atoms with Gasteiger partial charge in [-0.25, -0.2) is 9.59 Å². The predicted molar refractivity (Wildman–Crippen MR) is 104 cm³/mol. The molecule has 1 amide bonds. The summed E-state index contributed by atoms with van der Waals surface area (Å²) >= 11 is 5.80. The van der Waals surface area contributed by atoms with Gasteiger partial charge in [0.2, 0.25) is 0 Å². The lowest BCUT2D eigenvalue weighted by molar-refractivity contribution is -0.118. The highest BCUT2D eigenvalue weighted by Gasteiger charge is 2.16.